The standard InChI is InChI=1S/C22H24ClN3O2S/c1-15-12-16(2)21-19(13-15)29-26(22(21)28)7-6-20(27)25-10-8-24(9-11-25)18-5-3-4-17(23)14-18/h3-5,12-14H,6-11H2,1-2H3. The molecule has 5 nitrogen and oxygen atoms in total. The maximum Gasteiger partial charge on any atom is 0.268 e. The van der Waals surface area contributed by atoms with Gasteiger partial charge in [-0.15, -0.1) is 0 Å². The molecule has 0 radical (unpaired) electrons. The van der Waals surface area contributed by atoms with Crippen LogP contribution < -0.4 is 10.5 Å². The maximum atomic E-state index is 12.7. The van der Waals surface area contributed by atoms with Crippen molar-refractivity contribution in [1.29, 1.82) is 0 Å². The molecule has 1 aromatic heterocycles. The van der Waals surface area contributed by atoms with Gasteiger partial charge in [0.05, 0.1) is 10.1 Å². The lowest BCUT2D eigenvalue weighted by molar-refractivity contribution is -0.131. The SMILES string of the molecule is Cc1cc(C)c2c(=O)n(CCC(=O)N3CCN(c4cccc(Cl)c4)CC3)sc2c1. The maximum absolute atomic E-state index is 12.7. The first kappa shape index (κ1) is 20.0. The van der Waals surface area contributed by atoms with Crippen molar-refractivity contribution in [3.05, 3.63) is 62.9 Å². The third-order valence-corrected chi connectivity index (χ3v) is 6.75. The number of aryl methyl sites for hydroxylation is 3. The van der Waals surface area contributed by atoms with E-state index in [1.807, 2.05) is 55.1 Å². The molecule has 1 saturated heterocycles. The van der Waals surface area contributed by atoms with Gasteiger partial charge < -0.3 is 9.80 Å². The molecule has 1 aliphatic rings. The van der Waals surface area contributed by atoms with Gasteiger partial charge in [0.1, 0.15) is 0 Å². The van der Waals surface area contributed by atoms with E-state index >= 15 is 0 Å². The highest BCUT2D eigenvalue weighted by atomic mass is 35.5. The molecule has 0 spiro atoms. The van der Waals surface area contributed by atoms with E-state index in [2.05, 4.69) is 4.90 Å². The quantitative estimate of drug-likeness (QED) is 0.628. The van der Waals surface area contributed by atoms with Crippen LogP contribution in [0.3, 0.4) is 0 Å². The molecule has 3 aromatic rings. The normalized spacial score (nSPS) is 14.6. The summed E-state index contributed by atoms with van der Waals surface area (Å²) in [5.74, 6) is 0.105. The summed E-state index contributed by atoms with van der Waals surface area (Å²) in [4.78, 5) is 29.5. The number of carbonyl (C=O) groups is 1. The van der Waals surface area contributed by atoms with Crippen molar-refractivity contribution < 1.29 is 4.79 Å². The summed E-state index contributed by atoms with van der Waals surface area (Å²) in [5, 5.41) is 1.50. The van der Waals surface area contributed by atoms with E-state index in [-0.39, 0.29) is 11.5 Å². The first-order valence-corrected chi connectivity index (χ1v) is 11.0. The zero-order valence-corrected chi connectivity index (χ0v) is 18.2. The van der Waals surface area contributed by atoms with Crippen LogP contribution in [-0.4, -0.2) is 40.9 Å². The monoisotopic (exact) mass is 429 g/mol. The minimum atomic E-state index is 0.0149. The Kier molecular flexibility index (Phi) is 5.65. The second-order valence-corrected chi connectivity index (χ2v) is 9.05. The van der Waals surface area contributed by atoms with Gasteiger partial charge in [-0.05, 0) is 49.2 Å². The molecule has 1 fully saturated rings. The van der Waals surface area contributed by atoms with Crippen molar-refractivity contribution in [2.24, 2.45) is 0 Å². The van der Waals surface area contributed by atoms with Gasteiger partial charge in [-0.2, -0.15) is 0 Å². The molecule has 0 bridgehead atoms. The zero-order valence-electron chi connectivity index (χ0n) is 16.7. The van der Waals surface area contributed by atoms with E-state index in [1.54, 1.807) is 3.96 Å². The minimum absolute atomic E-state index is 0.0149. The van der Waals surface area contributed by atoms with E-state index in [0.29, 0.717) is 26.1 Å². The van der Waals surface area contributed by atoms with Gasteiger partial charge in [-0.3, -0.25) is 13.5 Å². The first-order chi connectivity index (χ1) is 13.9. The molecule has 2 aromatic carbocycles. The Bertz CT molecular complexity index is 1110. The third-order valence-electron chi connectivity index (χ3n) is 5.43. The molecule has 0 atom stereocenters. The number of amides is 1. The molecule has 0 aliphatic carbocycles. The average Bonchev–Trinajstić information content (AvgIpc) is 3.01. The number of benzene rings is 2. The van der Waals surface area contributed by atoms with Crippen LogP contribution in [0.1, 0.15) is 17.5 Å². The van der Waals surface area contributed by atoms with Crippen LogP contribution >= 0.6 is 23.1 Å². The van der Waals surface area contributed by atoms with Crippen LogP contribution in [0.5, 0.6) is 0 Å². The molecule has 7 heteroatoms. The predicted octanol–water partition coefficient (Wildman–Crippen LogP) is 4.07. The van der Waals surface area contributed by atoms with Crippen LogP contribution in [0, 0.1) is 13.8 Å². The minimum Gasteiger partial charge on any atom is -0.368 e. The van der Waals surface area contributed by atoms with Gasteiger partial charge in [-0.1, -0.05) is 35.3 Å². The van der Waals surface area contributed by atoms with E-state index in [9.17, 15) is 9.59 Å². The number of nitrogens with zero attached hydrogens (tertiary/aromatic N) is 3. The van der Waals surface area contributed by atoms with Crippen molar-refractivity contribution in [2.45, 2.75) is 26.8 Å². The summed E-state index contributed by atoms with van der Waals surface area (Å²) in [7, 11) is 0. The number of hydrogen-bond donors (Lipinski definition) is 0. The van der Waals surface area contributed by atoms with Gasteiger partial charge in [-0.25, -0.2) is 0 Å². The Labute approximate surface area is 179 Å². The number of carbonyl (C=O) groups excluding carboxylic acids is 1. The Balaban J connectivity index is 1.37. The number of anilines is 1. The number of fused-ring (bicyclic) bond motifs is 1. The summed E-state index contributed by atoms with van der Waals surface area (Å²) in [5.41, 5.74) is 3.26. The molecule has 0 N–H and O–H groups in total. The lowest BCUT2D eigenvalue weighted by Crippen LogP contribution is -2.49. The summed E-state index contributed by atoms with van der Waals surface area (Å²) in [6.45, 7) is 7.38. The van der Waals surface area contributed by atoms with Crippen molar-refractivity contribution in [3.63, 3.8) is 0 Å². The highest BCUT2D eigenvalue weighted by Gasteiger charge is 2.22. The summed E-state index contributed by atoms with van der Waals surface area (Å²) in [6.07, 6.45) is 0.349. The zero-order chi connectivity index (χ0) is 20.5. The Morgan fingerprint density at radius 3 is 2.59 bits per heavy atom. The molecule has 1 aliphatic heterocycles. The van der Waals surface area contributed by atoms with Gasteiger partial charge in [0.2, 0.25) is 5.91 Å². The molecule has 0 unspecified atom stereocenters. The van der Waals surface area contributed by atoms with Crippen molar-refractivity contribution in [1.82, 2.24) is 8.86 Å². The molecular weight excluding hydrogens is 406 g/mol. The second kappa shape index (κ2) is 8.20. The average molecular weight is 430 g/mol. The summed E-state index contributed by atoms with van der Waals surface area (Å²) in [6, 6.07) is 11.9. The number of aromatic nitrogens is 1. The van der Waals surface area contributed by atoms with Crippen LogP contribution in [-0.2, 0) is 11.3 Å². The Morgan fingerprint density at radius 2 is 1.86 bits per heavy atom. The van der Waals surface area contributed by atoms with E-state index in [0.717, 1.165) is 45.0 Å². The fraction of sp³-hybridized carbons (Fsp3) is 0.364. The molecule has 2 heterocycles. The molecule has 0 saturated carbocycles. The topological polar surface area (TPSA) is 45.6 Å². The van der Waals surface area contributed by atoms with Gasteiger partial charge in [0, 0.05) is 49.9 Å². The van der Waals surface area contributed by atoms with Crippen molar-refractivity contribution in [2.75, 3.05) is 31.1 Å². The fourth-order valence-electron chi connectivity index (χ4n) is 3.95. The number of rotatable bonds is 4. The highest BCUT2D eigenvalue weighted by molar-refractivity contribution is 7.13. The molecule has 1 amide bonds. The van der Waals surface area contributed by atoms with Gasteiger partial charge in [0.15, 0.2) is 0 Å². The first-order valence-electron chi connectivity index (χ1n) is 9.82. The predicted molar refractivity (Wildman–Crippen MR) is 120 cm³/mol. The molecule has 152 valence electrons. The van der Waals surface area contributed by atoms with Crippen LogP contribution in [0.15, 0.2) is 41.2 Å². The lowest BCUT2D eigenvalue weighted by atomic mass is 10.1. The van der Waals surface area contributed by atoms with E-state index in [4.69, 9.17) is 11.6 Å². The number of piperazine rings is 1. The molecule has 29 heavy (non-hydrogen) atoms. The number of halogens is 1. The Hall–Kier alpha value is -2.31. The van der Waals surface area contributed by atoms with E-state index < -0.39 is 0 Å². The fourth-order valence-corrected chi connectivity index (χ4v) is 5.31. The second-order valence-electron chi connectivity index (χ2n) is 7.55. The van der Waals surface area contributed by atoms with Crippen LogP contribution in [0.2, 0.25) is 5.02 Å². The third kappa shape index (κ3) is 4.19. The number of hydrogen-bond acceptors (Lipinski definition) is 4. The van der Waals surface area contributed by atoms with E-state index in [1.165, 1.54) is 11.5 Å². The van der Waals surface area contributed by atoms with Gasteiger partial charge >= 0.3 is 0 Å². The molecular formula is C22H24ClN3O2S. The highest BCUT2D eigenvalue weighted by Crippen LogP contribution is 2.23. The largest absolute Gasteiger partial charge is 0.368 e. The summed E-state index contributed by atoms with van der Waals surface area (Å²) >= 11 is 7.54. The van der Waals surface area contributed by atoms with Crippen molar-refractivity contribution >= 4 is 44.8 Å². The summed E-state index contributed by atoms with van der Waals surface area (Å²) < 4.78 is 2.71. The Morgan fingerprint density at radius 1 is 1.10 bits per heavy atom. The van der Waals surface area contributed by atoms with Crippen LogP contribution in [0.25, 0.3) is 10.1 Å². The molecule has 4 rings (SSSR count). The lowest BCUT2D eigenvalue weighted by Gasteiger charge is -2.36. The van der Waals surface area contributed by atoms with Crippen LogP contribution in [0.4, 0.5) is 5.69 Å². The van der Waals surface area contributed by atoms with Gasteiger partial charge in [0.25, 0.3) is 5.56 Å². The van der Waals surface area contributed by atoms with Crippen molar-refractivity contribution in [3.8, 4) is 0 Å². The smallest absolute Gasteiger partial charge is 0.268 e.